The van der Waals surface area contributed by atoms with Crippen LogP contribution in [0, 0.1) is 0 Å². The van der Waals surface area contributed by atoms with Crippen molar-refractivity contribution in [3.8, 4) is 0 Å². The molecule has 2 unspecified atom stereocenters. The number of alkyl halides is 2. The number of aliphatic carboxylic acids is 1. The first-order valence-electron chi connectivity index (χ1n) is 5.75. The van der Waals surface area contributed by atoms with Gasteiger partial charge in [0.1, 0.15) is 17.7 Å². The van der Waals surface area contributed by atoms with E-state index in [1.807, 2.05) is 0 Å². The minimum absolute atomic E-state index is 0.236. The average Bonchev–Trinajstić information content (AvgIpc) is 2.29. The Bertz CT molecular complexity index is 370. The summed E-state index contributed by atoms with van der Waals surface area (Å²) in [5.41, 5.74) is -0.725. The van der Waals surface area contributed by atoms with Crippen LogP contribution >= 0.6 is 23.2 Å². The zero-order valence-electron chi connectivity index (χ0n) is 11.4. The molecule has 3 N–H and O–H groups in total. The van der Waals surface area contributed by atoms with E-state index in [0.717, 1.165) is 0 Å². The number of hydrogen-bond donors (Lipinski definition) is 3. The molecule has 116 valence electrons. The van der Waals surface area contributed by atoms with Crippen LogP contribution in [0.2, 0.25) is 0 Å². The van der Waals surface area contributed by atoms with Gasteiger partial charge in [0.05, 0.1) is 11.8 Å². The highest BCUT2D eigenvalue weighted by atomic mass is 35.5. The van der Waals surface area contributed by atoms with Crippen molar-refractivity contribution in [2.24, 2.45) is 0 Å². The van der Waals surface area contributed by atoms with Crippen molar-refractivity contribution in [1.29, 1.82) is 0 Å². The molecule has 0 fully saturated rings. The van der Waals surface area contributed by atoms with Crippen LogP contribution in [0.3, 0.4) is 0 Å². The molecule has 0 aliphatic rings. The van der Waals surface area contributed by atoms with Crippen LogP contribution in [0.4, 0.5) is 4.79 Å². The molecular weight excluding hydrogens is 311 g/mol. The van der Waals surface area contributed by atoms with Gasteiger partial charge < -0.3 is 20.5 Å². The van der Waals surface area contributed by atoms with E-state index < -0.39 is 35.7 Å². The average molecular weight is 329 g/mol. The summed E-state index contributed by atoms with van der Waals surface area (Å²) in [6.07, 6.45) is -0.823. The summed E-state index contributed by atoms with van der Waals surface area (Å²) in [6, 6.07) is -2.37. The third kappa shape index (κ3) is 7.40. The summed E-state index contributed by atoms with van der Waals surface area (Å²) >= 11 is 11.0. The largest absolute Gasteiger partial charge is 0.480 e. The molecule has 7 nitrogen and oxygen atoms in total. The Morgan fingerprint density at radius 2 is 1.60 bits per heavy atom. The molecule has 2 atom stereocenters. The van der Waals surface area contributed by atoms with E-state index in [1.54, 1.807) is 20.8 Å². The monoisotopic (exact) mass is 328 g/mol. The molecule has 0 saturated heterocycles. The number of carboxylic acids is 1. The lowest BCUT2D eigenvalue weighted by Gasteiger charge is -2.23. The zero-order valence-corrected chi connectivity index (χ0v) is 12.9. The molecule has 0 bridgehead atoms. The molecule has 0 rings (SSSR count). The van der Waals surface area contributed by atoms with Gasteiger partial charge in [0.15, 0.2) is 0 Å². The first kappa shape index (κ1) is 18.8. The molecule has 0 aliphatic carbocycles. The summed E-state index contributed by atoms with van der Waals surface area (Å²) in [6.45, 7) is 4.99. The number of rotatable bonds is 6. The molecule has 0 saturated carbocycles. The third-order valence-corrected chi connectivity index (χ3v) is 2.55. The minimum atomic E-state index is -1.28. The van der Waals surface area contributed by atoms with E-state index in [0.29, 0.717) is 0 Å². The molecule has 0 spiro atoms. The second-order valence-electron chi connectivity index (χ2n) is 4.91. The van der Waals surface area contributed by atoms with Gasteiger partial charge in [0.2, 0.25) is 5.91 Å². The lowest BCUT2D eigenvalue weighted by molar-refractivity contribution is -0.141. The highest BCUT2D eigenvalue weighted by Gasteiger charge is 2.27. The molecule has 0 aliphatic heterocycles. The molecule has 2 amide bonds. The molecule has 9 heteroatoms. The van der Waals surface area contributed by atoms with Crippen molar-refractivity contribution in [2.45, 2.75) is 38.5 Å². The lowest BCUT2D eigenvalue weighted by Crippen LogP contribution is -2.53. The van der Waals surface area contributed by atoms with Gasteiger partial charge in [0.25, 0.3) is 0 Å². The first-order chi connectivity index (χ1) is 9.10. The van der Waals surface area contributed by atoms with Crippen LogP contribution in [0.25, 0.3) is 0 Å². The fraction of sp³-hybridized carbons (Fsp3) is 0.727. The third-order valence-electron chi connectivity index (χ3n) is 1.93. The molecular formula is C11H18Cl2N2O5. The number of carbonyl (C=O) groups excluding carboxylic acids is 2. The second kappa shape index (κ2) is 8.16. The van der Waals surface area contributed by atoms with Crippen molar-refractivity contribution >= 4 is 41.2 Å². The van der Waals surface area contributed by atoms with Crippen molar-refractivity contribution < 1.29 is 24.2 Å². The van der Waals surface area contributed by atoms with Gasteiger partial charge in [-0.1, -0.05) is 0 Å². The number of alkyl carbamates (subject to hydrolysis) is 1. The molecule has 0 heterocycles. The van der Waals surface area contributed by atoms with Crippen LogP contribution in [0.5, 0.6) is 0 Å². The summed E-state index contributed by atoms with van der Waals surface area (Å²) in [5.74, 6) is -2.57. The highest BCUT2D eigenvalue weighted by molar-refractivity contribution is 6.21. The maximum Gasteiger partial charge on any atom is 0.408 e. The Morgan fingerprint density at radius 3 is 1.95 bits per heavy atom. The smallest absolute Gasteiger partial charge is 0.408 e. The van der Waals surface area contributed by atoms with E-state index in [9.17, 15) is 14.4 Å². The van der Waals surface area contributed by atoms with Crippen LogP contribution in [-0.4, -0.2) is 52.5 Å². The summed E-state index contributed by atoms with van der Waals surface area (Å²) < 4.78 is 4.97. The predicted molar refractivity (Wildman–Crippen MR) is 74.2 cm³/mol. The number of carboxylic acid groups (broad SMARTS) is 1. The van der Waals surface area contributed by atoms with Crippen molar-refractivity contribution in [3.63, 3.8) is 0 Å². The quantitative estimate of drug-likeness (QED) is 0.629. The number of carbonyl (C=O) groups is 3. The second-order valence-corrected chi connectivity index (χ2v) is 5.52. The standard InChI is InChI=1S/C11H18Cl2N2O5/c1-11(2,3)20-10(19)15-6(4-12)8(16)14-7(5-13)9(17)18/h6-7H,4-5H2,1-3H3,(H,14,16)(H,15,19)(H,17,18). The number of nitrogens with one attached hydrogen (secondary N) is 2. The van der Waals surface area contributed by atoms with Gasteiger partial charge in [-0.2, -0.15) is 0 Å². The summed E-state index contributed by atoms with van der Waals surface area (Å²) in [4.78, 5) is 34.0. The topological polar surface area (TPSA) is 105 Å². The van der Waals surface area contributed by atoms with Gasteiger partial charge in [-0.25, -0.2) is 9.59 Å². The molecule has 0 aromatic heterocycles. The van der Waals surface area contributed by atoms with Gasteiger partial charge in [-0.05, 0) is 20.8 Å². The van der Waals surface area contributed by atoms with Crippen molar-refractivity contribution in [2.75, 3.05) is 11.8 Å². The molecule has 0 aromatic carbocycles. The fourth-order valence-corrected chi connectivity index (χ4v) is 1.49. The first-order valence-corrected chi connectivity index (χ1v) is 6.82. The normalized spacial score (nSPS) is 14.1. The van der Waals surface area contributed by atoms with Gasteiger partial charge >= 0.3 is 12.1 Å². The van der Waals surface area contributed by atoms with Crippen LogP contribution in [-0.2, 0) is 14.3 Å². The SMILES string of the molecule is CC(C)(C)OC(=O)NC(CCl)C(=O)NC(CCl)C(=O)O. The summed E-state index contributed by atoms with van der Waals surface area (Å²) in [7, 11) is 0. The Hall–Kier alpha value is -1.21. The van der Waals surface area contributed by atoms with E-state index in [1.165, 1.54) is 0 Å². The number of hydrogen-bond acceptors (Lipinski definition) is 4. The molecule has 0 radical (unpaired) electrons. The number of amides is 2. The molecule has 20 heavy (non-hydrogen) atoms. The maximum absolute atomic E-state index is 11.8. The van der Waals surface area contributed by atoms with E-state index in [2.05, 4.69) is 10.6 Å². The van der Waals surface area contributed by atoms with Gasteiger partial charge in [0, 0.05) is 0 Å². The van der Waals surface area contributed by atoms with Gasteiger partial charge in [-0.15, -0.1) is 23.2 Å². The Labute approximate surface area is 126 Å². The predicted octanol–water partition coefficient (Wildman–Crippen LogP) is 0.927. The Morgan fingerprint density at radius 1 is 1.10 bits per heavy atom. The summed E-state index contributed by atoms with van der Waals surface area (Å²) in [5, 5.41) is 13.2. The van der Waals surface area contributed by atoms with Crippen molar-refractivity contribution in [3.05, 3.63) is 0 Å². The van der Waals surface area contributed by atoms with Crippen LogP contribution in [0.1, 0.15) is 20.8 Å². The van der Waals surface area contributed by atoms with E-state index in [-0.39, 0.29) is 11.8 Å². The zero-order chi connectivity index (χ0) is 15.9. The van der Waals surface area contributed by atoms with Crippen LogP contribution in [0.15, 0.2) is 0 Å². The Balaban J connectivity index is 4.56. The Kier molecular flexibility index (Phi) is 7.67. The van der Waals surface area contributed by atoms with E-state index >= 15 is 0 Å². The number of ether oxygens (including phenoxy) is 1. The number of halogens is 2. The fourth-order valence-electron chi connectivity index (χ4n) is 1.06. The van der Waals surface area contributed by atoms with E-state index in [4.69, 9.17) is 33.0 Å². The van der Waals surface area contributed by atoms with Crippen molar-refractivity contribution in [1.82, 2.24) is 10.6 Å². The maximum atomic E-state index is 11.8. The molecule has 0 aromatic rings. The highest BCUT2D eigenvalue weighted by Crippen LogP contribution is 2.07. The van der Waals surface area contributed by atoms with Gasteiger partial charge in [-0.3, -0.25) is 4.79 Å². The lowest BCUT2D eigenvalue weighted by atomic mass is 10.2. The van der Waals surface area contributed by atoms with Crippen LogP contribution < -0.4 is 10.6 Å². The minimum Gasteiger partial charge on any atom is -0.480 e.